The lowest BCUT2D eigenvalue weighted by molar-refractivity contribution is 0.594. The number of hydrogen-bond acceptors (Lipinski definition) is 2. The number of rotatable bonds is 0. The number of aryl methyl sites for hydroxylation is 1. The van der Waals surface area contributed by atoms with Crippen LogP contribution in [0, 0.1) is 6.92 Å². The van der Waals surface area contributed by atoms with Gasteiger partial charge in [-0.15, -0.1) is 0 Å². The first-order chi connectivity index (χ1) is 7.39. The fraction of sp³-hybridized carbons (Fsp3) is 0.385. The average molecular weight is 216 g/mol. The third-order valence-electron chi connectivity index (χ3n) is 2.66. The van der Waals surface area contributed by atoms with Gasteiger partial charge in [-0.2, -0.15) is 0 Å². The molecule has 0 atom stereocenters. The highest BCUT2D eigenvalue weighted by molar-refractivity contribution is 5.81. The summed E-state index contributed by atoms with van der Waals surface area (Å²) in [6.07, 6.45) is 0. The number of benzene rings is 1. The molecule has 1 heterocycles. The molecule has 0 radical (unpaired) electrons. The second-order valence-electron chi connectivity index (χ2n) is 5.10. The summed E-state index contributed by atoms with van der Waals surface area (Å²) < 4.78 is 0. The maximum Gasteiger partial charge on any atom is 0.258 e. The molecule has 0 unspecified atom stereocenters. The smallest absolute Gasteiger partial charge is 0.258 e. The van der Waals surface area contributed by atoms with Crippen LogP contribution in [-0.4, -0.2) is 9.97 Å². The molecular weight excluding hydrogens is 200 g/mol. The summed E-state index contributed by atoms with van der Waals surface area (Å²) in [6, 6.07) is 5.76. The number of para-hydroxylation sites is 1. The molecule has 3 heteroatoms. The number of H-pyrrole nitrogens is 1. The monoisotopic (exact) mass is 216 g/mol. The van der Waals surface area contributed by atoms with E-state index >= 15 is 0 Å². The molecule has 0 aliphatic heterocycles. The lowest BCUT2D eigenvalue weighted by Gasteiger charge is -2.20. The minimum absolute atomic E-state index is 0.00720. The molecule has 84 valence electrons. The Morgan fingerprint density at radius 2 is 1.94 bits per heavy atom. The molecule has 2 rings (SSSR count). The van der Waals surface area contributed by atoms with E-state index in [9.17, 15) is 4.79 Å². The van der Waals surface area contributed by atoms with Crippen LogP contribution in [0.1, 0.15) is 32.2 Å². The first kappa shape index (κ1) is 10.9. The molecule has 3 nitrogen and oxygen atoms in total. The second-order valence-corrected chi connectivity index (χ2v) is 5.10. The number of hydrogen-bond donors (Lipinski definition) is 1. The fourth-order valence-electron chi connectivity index (χ4n) is 1.88. The minimum Gasteiger partial charge on any atom is -0.310 e. The van der Waals surface area contributed by atoms with Crippen LogP contribution >= 0.6 is 0 Å². The van der Waals surface area contributed by atoms with E-state index in [1.807, 2.05) is 18.2 Å². The highest BCUT2D eigenvalue weighted by Gasteiger charge is 2.18. The number of aromatic amines is 1. The maximum atomic E-state index is 11.8. The second kappa shape index (κ2) is 3.44. The zero-order valence-electron chi connectivity index (χ0n) is 10.1. The van der Waals surface area contributed by atoms with E-state index in [1.54, 1.807) is 6.92 Å². The predicted molar refractivity (Wildman–Crippen MR) is 65.8 cm³/mol. The highest BCUT2D eigenvalue weighted by atomic mass is 16.1. The quantitative estimate of drug-likeness (QED) is 0.735. The molecule has 0 saturated heterocycles. The Hall–Kier alpha value is -1.64. The molecular formula is C13H16N2O. The topological polar surface area (TPSA) is 45.8 Å². The van der Waals surface area contributed by atoms with Crippen molar-refractivity contribution in [1.82, 2.24) is 9.97 Å². The third-order valence-corrected chi connectivity index (χ3v) is 2.66. The van der Waals surface area contributed by atoms with Crippen molar-refractivity contribution >= 4 is 10.9 Å². The number of nitrogens with zero attached hydrogens (tertiary/aromatic N) is 1. The van der Waals surface area contributed by atoms with Gasteiger partial charge in [-0.05, 0) is 24.0 Å². The summed E-state index contributed by atoms with van der Waals surface area (Å²) in [5, 5.41) is 0.665. The number of fused-ring (bicyclic) bond motifs is 1. The van der Waals surface area contributed by atoms with Crippen molar-refractivity contribution in [1.29, 1.82) is 0 Å². The number of aromatic nitrogens is 2. The van der Waals surface area contributed by atoms with Gasteiger partial charge in [0.25, 0.3) is 5.56 Å². The molecule has 16 heavy (non-hydrogen) atoms. The first-order valence-electron chi connectivity index (χ1n) is 5.40. The molecule has 0 bridgehead atoms. The SMILES string of the molecule is Cc1nc2c(C(C)(C)C)cccc2c(=O)[nH]1. The molecule has 0 fully saturated rings. The van der Waals surface area contributed by atoms with Gasteiger partial charge >= 0.3 is 0 Å². The van der Waals surface area contributed by atoms with Crippen LogP contribution in [0.3, 0.4) is 0 Å². The van der Waals surface area contributed by atoms with Gasteiger partial charge in [0.15, 0.2) is 0 Å². The molecule has 0 aliphatic rings. The molecule has 1 aromatic heterocycles. The lowest BCUT2D eigenvalue weighted by atomic mass is 9.85. The zero-order valence-corrected chi connectivity index (χ0v) is 10.1. The third kappa shape index (κ3) is 1.73. The molecule has 1 N–H and O–H groups in total. The molecule has 0 saturated carbocycles. The van der Waals surface area contributed by atoms with Crippen LogP contribution in [0.15, 0.2) is 23.0 Å². The number of nitrogens with one attached hydrogen (secondary N) is 1. The summed E-state index contributed by atoms with van der Waals surface area (Å²) in [5.41, 5.74) is 1.86. The predicted octanol–water partition coefficient (Wildman–Crippen LogP) is 2.53. The van der Waals surface area contributed by atoms with E-state index < -0.39 is 0 Å². The molecule has 0 aliphatic carbocycles. The van der Waals surface area contributed by atoms with Crippen LogP contribution in [0.25, 0.3) is 10.9 Å². The van der Waals surface area contributed by atoms with Gasteiger partial charge in [0.05, 0.1) is 10.9 Å². The summed E-state index contributed by atoms with van der Waals surface area (Å²) in [4.78, 5) is 19.0. The summed E-state index contributed by atoms with van der Waals surface area (Å²) >= 11 is 0. The van der Waals surface area contributed by atoms with E-state index in [2.05, 4.69) is 30.7 Å². The summed E-state index contributed by atoms with van der Waals surface area (Å²) in [5.74, 6) is 0.661. The highest BCUT2D eigenvalue weighted by Crippen LogP contribution is 2.27. The van der Waals surface area contributed by atoms with Gasteiger partial charge < -0.3 is 4.98 Å². The van der Waals surface area contributed by atoms with Crippen LogP contribution in [-0.2, 0) is 5.41 Å². The van der Waals surface area contributed by atoms with Crippen molar-refractivity contribution in [2.45, 2.75) is 33.1 Å². The van der Waals surface area contributed by atoms with E-state index in [4.69, 9.17) is 0 Å². The van der Waals surface area contributed by atoms with Gasteiger partial charge in [-0.3, -0.25) is 4.79 Å². The van der Waals surface area contributed by atoms with Gasteiger partial charge in [-0.1, -0.05) is 32.9 Å². The largest absolute Gasteiger partial charge is 0.310 e. The first-order valence-corrected chi connectivity index (χ1v) is 5.40. The minimum atomic E-state index is -0.0615. The van der Waals surface area contributed by atoms with Crippen LogP contribution < -0.4 is 5.56 Å². The van der Waals surface area contributed by atoms with Crippen molar-refractivity contribution in [3.63, 3.8) is 0 Å². The average Bonchev–Trinajstić information content (AvgIpc) is 2.15. The van der Waals surface area contributed by atoms with Crippen LogP contribution in [0.5, 0.6) is 0 Å². The Labute approximate surface area is 94.5 Å². The normalized spacial score (nSPS) is 12.0. The van der Waals surface area contributed by atoms with Crippen molar-refractivity contribution < 1.29 is 0 Å². The van der Waals surface area contributed by atoms with Gasteiger partial charge in [0, 0.05) is 0 Å². The van der Waals surface area contributed by atoms with Crippen molar-refractivity contribution in [3.8, 4) is 0 Å². The molecule has 0 amide bonds. The Morgan fingerprint density at radius 1 is 1.25 bits per heavy atom. The van der Waals surface area contributed by atoms with E-state index in [-0.39, 0.29) is 11.0 Å². The van der Waals surface area contributed by atoms with Crippen molar-refractivity contribution in [2.24, 2.45) is 0 Å². The molecule has 2 aromatic rings. The van der Waals surface area contributed by atoms with E-state index in [1.165, 1.54) is 0 Å². The van der Waals surface area contributed by atoms with Gasteiger partial charge in [-0.25, -0.2) is 4.98 Å². The standard InChI is InChI=1S/C13H16N2O/c1-8-14-11-9(12(16)15-8)6-5-7-10(11)13(2,3)4/h5-7H,1-4H3,(H,14,15,16). The summed E-state index contributed by atoms with van der Waals surface area (Å²) in [6.45, 7) is 8.18. The lowest BCUT2D eigenvalue weighted by Crippen LogP contribution is -2.16. The van der Waals surface area contributed by atoms with E-state index in [0.717, 1.165) is 11.1 Å². The summed E-state index contributed by atoms with van der Waals surface area (Å²) in [7, 11) is 0. The van der Waals surface area contributed by atoms with Crippen LogP contribution in [0.4, 0.5) is 0 Å². The van der Waals surface area contributed by atoms with Crippen molar-refractivity contribution in [2.75, 3.05) is 0 Å². The Morgan fingerprint density at radius 3 is 2.56 bits per heavy atom. The Balaban J connectivity index is 2.93. The fourth-order valence-corrected chi connectivity index (χ4v) is 1.88. The molecule has 0 spiro atoms. The Kier molecular flexibility index (Phi) is 2.34. The zero-order chi connectivity index (χ0) is 11.9. The van der Waals surface area contributed by atoms with E-state index in [0.29, 0.717) is 11.2 Å². The maximum absolute atomic E-state index is 11.8. The van der Waals surface area contributed by atoms with Gasteiger partial charge in [0.2, 0.25) is 0 Å². The van der Waals surface area contributed by atoms with Crippen molar-refractivity contribution in [3.05, 3.63) is 39.9 Å². The van der Waals surface area contributed by atoms with Gasteiger partial charge in [0.1, 0.15) is 5.82 Å². The van der Waals surface area contributed by atoms with Crippen LogP contribution in [0.2, 0.25) is 0 Å². The molecule has 1 aromatic carbocycles. The Bertz CT molecular complexity index is 591.